The van der Waals surface area contributed by atoms with Gasteiger partial charge in [0, 0.05) is 72.2 Å². The molecular weight excluding hydrogens is 761 g/mol. The smallest absolute Gasteiger partial charge is 0.270 e. The van der Waals surface area contributed by atoms with Gasteiger partial charge in [0.15, 0.2) is 0 Å². The summed E-state index contributed by atoms with van der Waals surface area (Å²) in [6.45, 7) is 19.2. The fourth-order valence-corrected chi connectivity index (χ4v) is 7.59. The summed E-state index contributed by atoms with van der Waals surface area (Å²) < 4.78 is 26.5. The lowest BCUT2D eigenvalue weighted by Crippen LogP contribution is -2.16. The molecule has 0 radical (unpaired) electrons. The average Bonchev–Trinajstić information content (AvgIpc) is 3.17. The van der Waals surface area contributed by atoms with Crippen LogP contribution in [-0.4, -0.2) is 49.4 Å². The number of nitrogens with two attached hydrogens (primary N) is 2. The van der Waals surface area contributed by atoms with Crippen LogP contribution in [0.1, 0.15) is 137 Å². The van der Waals surface area contributed by atoms with Crippen molar-refractivity contribution in [2.24, 2.45) is 11.5 Å². The van der Waals surface area contributed by atoms with Gasteiger partial charge in [0.2, 0.25) is 0 Å². The van der Waals surface area contributed by atoms with Crippen molar-refractivity contribution >= 4 is 11.4 Å². The van der Waals surface area contributed by atoms with Gasteiger partial charge in [-0.25, -0.2) is 0 Å². The minimum Gasteiger partial charge on any atom is -0.493 e. The highest BCUT2D eigenvalue weighted by Gasteiger charge is 2.29. The molecule has 5 rings (SSSR count). The van der Waals surface area contributed by atoms with Crippen molar-refractivity contribution in [1.82, 2.24) is 0 Å². The summed E-state index contributed by atoms with van der Waals surface area (Å²) in [6.07, 6.45) is 3.70. The second-order valence-corrected chi connectivity index (χ2v) is 17.8. The van der Waals surface area contributed by atoms with Gasteiger partial charge in [-0.1, -0.05) is 79.7 Å². The lowest BCUT2D eigenvalue weighted by atomic mass is 9.81. The van der Waals surface area contributed by atoms with E-state index in [0.717, 1.165) is 46.2 Å². The maximum absolute atomic E-state index is 12.7. The lowest BCUT2D eigenvalue weighted by molar-refractivity contribution is -0.385. The Kier molecular flexibility index (Phi) is 15.2. The minimum atomic E-state index is -0.350. The lowest BCUT2D eigenvalue weighted by Gasteiger charge is -2.27. The molecule has 1 aliphatic carbocycles. The molecule has 4 N–H and O–H groups in total. The van der Waals surface area contributed by atoms with E-state index in [2.05, 4.69) is 65.8 Å². The number of fused-ring (bicyclic) bond motifs is 8. The molecule has 8 bridgehead atoms. The maximum atomic E-state index is 12.7. The SMILES string of the molecule is CCCOc1c2cc([N+](=O)[O-])cc1Cc1cc(C(C)(C)C)cc(c1OCCCN)Cc1cc([N+](=O)[O-])cc(c1OCCC)Cc1cc(C(C)(C)C)cc(c1OCCCN)C2. The molecule has 0 fully saturated rings. The summed E-state index contributed by atoms with van der Waals surface area (Å²) in [6, 6.07) is 14.9. The van der Waals surface area contributed by atoms with Gasteiger partial charge in [-0.3, -0.25) is 20.2 Å². The highest BCUT2D eigenvalue weighted by atomic mass is 16.6. The molecule has 60 heavy (non-hydrogen) atoms. The van der Waals surface area contributed by atoms with E-state index < -0.39 is 0 Å². The fraction of sp³-hybridized carbons (Fsp3) is 0.500. The molecule has 4 aromatic rings. The van der Waals surface area contributed by atoms with Gasteiger partial charge in [0.1, 0.15) is 23.0 Å². The number of nitro benzene ring substituents is 2. The van der Waals surface area contributed by atoms with Crippen LogP contribution in [0.5, 0.6) is 23.0 Å². The first kappa shape index (κ1) is 45.9. The summed E-state index contributed by atoms with van der Waals surface area (Å²) in [7, 11) is 0. The quantitative estimate of drug-likeness (QED) is 0.0554. The van der Waals surface area contributed by atoms with Gasteiger partial charge in [0.25, 0.3) is 11.4 Å². The van der Waals surface area contributed by atoms with Crippen LogP contribution in [0, 0.1) is 20.2 Å². The number of nitrogens with zero attached hydrogens (tertiary/aromatic N) is 2. The third kappa shape index (κ3) is 11.1. The highest BCUT2D eigenvalue weighted by Crippen LogP contribution is 2.44. The average molecular weight is 825 g/mol. The summed E-state index contributed by atoms with van der Waals surface area (Å²) in [5, 5.41) is 25.5. The monoisotopic (exact) mass is 824 g/mol. The summed E-state index contributed by atoms with van der Waals surface area (Å²) in [5.74, 6) is 2.42. The molecule has 0 aliphatic heterocycles. The zero-order valence-corrected chi connectivity index (χ0v) is 36.8. The molecule has 0 amide bonds. The summed E-state index contributed by atoms with van der Waals surface area (Å²) in [4.78, 5) is 24.8. The van der Waals surface area contributed by atoms with Crippen molar-refractivity contribution in [2.45, 2.75) is 118 Å². The third-order valence-electron chi connectivity index (χ3n) is 10.7. The molecular formula is C48H64N4O8. The first-order chi connectivity index (χ1) is 28.5. The minimum absolute atomic E-state index is 0.0411. The Hall–Kier alpha value is -5.20. The molecule has 4 aromatic carbocycles. The third-order valence-corrected chi connectivity index (χ3v) is 10.7. The van der Waals surface area contributed by atoms with Crippen LogP contribution in [0.4, 0.5) is 11.4 Å². The molecule has 0 spiro atoms. The van der Waals surface area contributed by atoms with Gasteiger partial charge in [-0.2, -0.15) is 0 Å². The molecule has 0 atom stereocenters. The van der Waals surface area contributed by atoms with E-state index in [1.165, 1.54) is 0 Å². The second kappa shape index (κ2) is 19.9. The number of hydrogen-bond donors (Lipinski definition) is 2. The van der Waals surface area contributed by atoms with Crippen molar-refractivity contribution in [3.8, 4) is 23.0 Å². The molecule has 0 heterocycles. The standard InChI is InChI=1S/C48H64N4O8/c1-9-15-57-45-35-19-31-23-39(47(3,4)5)25-33(43(31)59-17-11-13-49)21-37-29-42(52(55)56)30-38(46(37)58-16-10-2)22-34-26-40(48(6,7)8)24-32(44(34)60-18-12-14-50)20-36(45)28-41(27-35)51(53)54/h23-30H,9-22,49-50H2,1-8H3. The Morgan fingerprint density at radius 3 is 0.950 bits per heavy atom. The van der Waals surface area contributed by atoms with Crippen LogP contribution >= 0.6 is 0 Å². The van der Waals surface area contributed by atoms with Gasteiger partial charge >= 0.3 is 0 Å². The summed E-state index contributed by atoms with van der Waals surface area (Å²) >= 11 is 0. The van der Waals surface area contributed by atoms with Crippen molar-refractivity contribution in [3.05, 3.63) is 124 Å². The number of benzene rings is 4. The fourth-order valence-electron chi connectivity index (χ4n) is 7.59. The zero-order valence-electron chi connectivity index (χ0n) is 36.8. The zero-order chi connectivity index (χ0) is 43.8. The Labute approximate surface area is 355 Å². The van der Waals surface area contributed by atoms with Crippen molar-refractivity contribution in [2.75, 3.05) is 39.5 Å². The molecule has 0 saturated carbocycles. The molecule has 1 aliphatic rings. The van der Waals surface area contributed by atoms with Gasteiger partial charge < -0.3 is 30.4 Å². The van der Waals surface area contributed by atoms with E-state index in [0.29, 0.717) is 97.6 Å². The first-order valence-electron chi connectivity index (χ1n) is 21.3. The van der Waals surface area contributed by atoms with E-state index in [4.69, 9.17) is 30.4 Å². The van der Waals surface area contributed by atoms with E-state index in [1.54, 1.807) is 24.3 Å². The van der Waals surface area contributed by atoms with Gasteiger partial charge in [-0.05, 0) is 83.0 Å². The Morgan fingerprint density at radius 2 is 0.733 bits per heavy atom. The number of nitro groups is 2. The topological polar surface area (TPSA) is 175 Å². The predicted octanol–water partition coefficient (Wildman–Crippen LogP) is 9.81. The molecule has 0 aromatic heterocycles. The second-order valence-electron chi connectivity index (χ2n) is 17.8. The van der Waals surface area contributed by atoms with Gasteiger partial charge in [-0.15, -0.1) is 0 Å². The number of ether oxygens (including phenoxy) is 4. The van der Waals surface area contributed by atoms with E-state index in [-0.39, 0.29) is 57.7 Å². The molecule has 12 nitrogen and oxygen atoms in total. The largest absolute Gasteiger partial charge is 0.493 e. The molecule has 0 unspecified atom stereocenters. The highest BCUT2D eigenvalue weighted by molar-refractivity contribution is 5.61. The van der Waals surface area contributed by atoms with Crippen LogP contribution in [0.15, 0.2) is 48.5 Å². The van der Waals surface area contributed by atoms with Crippen molar-refractivity contribution < 1.29 is 28.8 Å². The Balaban J connectivity index is 1.98. The van der Waals surface area contributed by atoms with E-state index >= 15 is 0 Å². The Bertz CT molecular complexity index is 1920. The molecule has 324 valence electrons. The first-order valence-corrected chi connectivity index (χ1v) is 21.3. The number of non-ortho nitro benzene ring substituents is 2. The van der Waals surface area contributed by atoms with E-state index in [1.807, 2.05) is 13.8 Å². The van der Waals surface area contributed by atoms with Crippen LogP contribution < -0.4 is 30.4 Å². The maximum Gasteiger partial charge on any atom is 0.270 e. The molecule has 0 saturated heterocycles. The molecule has 12 heteroatoms. The Morgan fingerprint density at radius 1 is 0.483 bits per heavy atom. The normalized spacial score (nSPS) is 12.8. The van der Waals surface area contributed by atoms with Crippen LogP contribution in [0.25, 0.3) is 0 Å². The van der Waals surface area contributed by atoms with Crippen LogP contribution in [0.2, 0.25) is 0 Å². The van der Waals surface area contributed by atoms with Crippen molar-refractivity contribution in [3.63, 3.8) is 0 Å². The number of rotatable bonds is 16. The van der Waals surface area contributed by atoms with Crippen molar-refractivity contribution in [1.29, 1.82) is 0 Å². The van der Waals surface area contributed by atoms with Crippen LogP contribution in [0.3, 0.4) is 0 Å². The van der Waals surface area contributed by atoms with E-state index in [9.17, 15) is 20.2 Å². The number of hydrogen-bond acceptors (Lipinski definition) is 10. The van der Waals surface area contributed by atoms with Crippen LogP contribution in [-0.2, 0) is 36.5 Å². The predicted molar refractivity (Wildman–Crippen MR) is 238 cm³/mol. The summed E-state index contributed by atoms with van der Waals surface area (Å²) in [5.41, 5.74) is 19.1. The van der Waals surface area contributed by atoms with Gasteiger partial charge in [0.05, 0.1) is 36.3 Å².